The summed E-state index contributed by atoms with van der Waals surface area (Å²) in [5.74, 6) is -0.849. The standard InChI is InChI=1S/C12H17NO6S/c1-2-9(7-14)13-20(17,18)11-5-3-10(4-6-11)19-8-12(15)16/h3-6,9,13-14H,2,7-8H2,1H3,(H,15,16)/t9-/m0/s1. The molecule has 0 aromatic heterocycles. The van der Waals surface area contributed by atoms with E-state index in [1.165, 1.54) is 24.3 Å². The molecule has 0 fully saturated rings. The number of carbonyl (C=O) groups is 1. The van der Waals surface area contributed by atoms with Crippen LogP contribution in [0.5, 0.6) is 5.75 Å². The maximum Gasteiger partial charge on any atom is 0.341 e. The number of hydrogen-bond donors (Lipinski definition) is 3. The van der Waals surface area contributed by atoms with Crippen LogP contribution >= 0.6 is 0 Å². The Kier molecular flexibility index (Phi) is 5.93. The zero-order valence-electron chi connectivity index (χ0n) is 10.9. The normalized spacial score (nSPS) is 12.9. The highest BCUT2D eigenvalue weighted by atomic mass is 32.2. The molecule has 7 nitrogen and oxygen atoms in total. The molecule has 1 atom stereocenters. The van der Waals surface area contributed by atoms with Gasteiger partial charge in [-0.2, -0.15) is 0 Å². The lowest BCUT2D eigenvalue weighted by molar-refractivity contribution is -0.139. The first kappa shape index (κ1) is 16.4. The summed E-state index contributed by atoms with van der Waals surface area (Å²) in [4.78, 5) is 10.4. The summed E-state index contributed by atoms with van der Waals surface area (Å²) < 4.78 is 31.2. The van der Waals surface area contributed by atoms with Crippen molar-refractivity contribution in [2.24, 2.45) is 0 Å². The minimum Gasteiger partial charge on any atom is -0.482 e. The maximum atomic E-state index is 12.0. The Labute approximate surface area is 117 Å². The topological polar surface area (TPSA) is 113 Å². The zero-order chi connectivity index (χ0) is 15.2. The predicted molar refractivity (Wildman–Crippen MR) is 71.1 cm³/mol. The van der Waals surface area contributed by atoms with Crippen molar-refractivity contribution in [3.63, 3.8) is 0 Å². The molecule has 8 heteroatoms. The van der Waals surface area contributed by atoms with E-state index in [1.807, 2.05) is 0 Å². The second-order valence-corrected chi connectivity index (χ2v) is 5.78. The summed E-state index contributed by atoms with van der Waals surface area (Å²) in [6.45, 7) is 0.981. The van der Waals surface area contributed by atoms with Crippen LogP contribution in [0.4, 0.5) is 0 Å². The summed E-state index contributed by atoms with van der Waals surface area (Å²) in [5, 5.41) is 17.5. The van der Waals surface area contributed by atoms with Crippen molar-refractivity contribution in [1.82, 2.24) is 4.72 Å². The first-order chi connectivity index (χ1) is 9.39. The van der Waals surface area contributed by atoms with Crippen molar-refractivity contribution < 1.29 is 28.2 Å². The SMILES string of the molecule is CC[C@@H](CO)NS(=O)(=O)c1ccc(OCC(=O)O)cc1. The quantitative estimate of drug-likeness (QED) is 0.632. The molecule has 0 radical (unpaired) electrons. The second-order valence-electron chi connectivity index (χ2n) is 4.06. The largest absolute Gasteiger partial charge is 0.482 e. The first-order valence-electron chi connectivity index (χ1n) is 5.97. The number of aliphatic hydroxyl groups is 1. The van der Waals surface area contributed by atoms with Crippen molar-refractivity contribution in [1.29, 1.82) is 0 Å². The lowest BCUT2D eigenvalue weighted by atomic mass is 10.3. The number of benzene rings is 1. The fraction of sp³-hybridized carbons (Fsp3) is 0.417. The van der Waals surface area contributed by atoms with E-state index in [1.54, 1.807) is 6.92 Å². The molecule has 0 aliphatic rings. The molecule has 0 bridgehead atoms. The van der Waals surface area contributed by atoms with E-state index in [4.69, 9.17) is 14.9 Å². The highest BCUT2D eigenvalue weighted by molar-refractivity contribution is 7.89. The number of aliphatic hydroxyl groups excluding tert-OH is 1. The molecule has 112 valence electrons. The summed E-state index contributed by atoms with van der Waals surface area (Å²) >= 11 is 0. The van der Waals surface area contributed by atoms with Gasteiger partial charge in [0.25, 0.3) is 0 Å². The summed E-state index contributed by atoms with van der Waals surface area (Å²) in [5.41, 5.74) is 0. The Morgan fingerprint density at radius 3 is 2.40 bits per heavy atom. The minimum atomic E-state index is -3.71. The number of carboxylic acid groups (broad SMARTS) is 1. The fourth-order valence-corrected chi connectivity index (χ4v) is 2.71. The first-order valence-corrected chi connectivity index (χ1v) is 7.45. The van der Waals surface area contributed by atoms with Gasteiger partial charge in [0.2, 0.25) is 10.0 Å². The van der Waals surface area contributed by atoms with Gasteiger partial charge in [0.05, 0.1) is 11.5 Å². The number of aliphatic carboxylic acids is 1. The average Bonchev–Trinajstić information content (AvgIpc) is 2.43. The Hall–Kier alpha value is -1.64. The van der Waals surface area contributed by atoms with E-state index < -0.39 is 28.6 Å². The Morgan fingerprint density at radius 2 is 1.95 bits per heavy atom. The van der Waals surface area contributed by atoms with Gasteiger partial charge in [-0.3, -0.25) is 0 Å². The third kappa shape index (κ3) is 4.80. The van der Waals surface area contributed by atoms with Gasteiger partial charge in [-0.05, 0) is 30.7 Å². The van der Waals surface area contributed by atoms with E-state index in [0.717, 1.165) is 0 Å². The molecule has 3 N–H and O–H groups in total. The molecule has 1 rings (SSSR count). The molecule has 0 saturated carbocycles. The van der Waals surface area contributed by atoms with Crippen LogP contribution in [0.2, 0.25) is 0 Å². The van der Waals surface area contributed by atoms with Gasteiger partial charge in [-0.1, -0.05) is 6.92 Å². The Balaban J connectivity index is 2.78. The lowest BCUT2D eigenvalue weighted by Gasteiger charge is -2.14. The third-order valence-corrected chi connectivity index (χ3v) is 4.07. The summed E-state index contributed by atoms with van der Waals surface area (Å²) in [6.07, 6.45) is 0.468. The Morgan fingerprint density at radius 1 is 1.35 bits per heavy atom. The van der Waals surface area contributed by atoms with Gasteiger partial charge in [0, 0.05) is 6.04 Å². The molecule has 0 aliphatic heterocycles. The molecular formula is C12H17NO6S. The molecule has 0 saturated heterocycles. The van der Waals surface area contributed by atoms with Crippen molar-refractivity contribution in [2.75, 3.05) is 13.2 Å². The van der Waals surface area contributed by atoms with Gasteiger partial charge >= 0.3 is 5.97 Å². The van der Waals surface area contributed by atoms with Gasteiger partial charge in [-0.25, -0.2) is 17.9 Å². The molecule has 0 aliphatic carbocycles. The predicted octanol–water partition coefficient (Wildman–Crippen LogP) is 0.199. The van der Waals surface area contributed by atoms with Gasteiger partial charge in [0.1, 0.15) is 5.75 Å². The molecule has 0 spiro atoms. The summed E-state index contributed by atoms with van der Waals surface area (Å²) in [7, 11) is -3.71. The van der Waals surface area contributed by atoms with Gasteiger partial charge in [-0.15, -0.1) is 0 Å². The van der Waals surface area contributed by atoms with Crippen molar-refractivity contribution in [3.05, 3.63) is 24.3 Å². The van der Waals surface area contributed by atoms with Crippen LogP contribution in [-0.2, 0) is 14.8 Å². The minimum absolute atomic E-state index is 0.0204. The molecule has 1 aromatic carbocycles. The number of rotatable bonds is 8. The van der Waals surface area contributed by atoms with Crippen molar-refractivity contribution in [2.45, 2.75) is 24.3 Å². The highest BCUT2D eigenvalue weighted by Gasteiger charge is 2.18. The van der Waals surface area contributed by atoms with Crippen molar-refractivity contribution in [3.8, 4) is 5.75 Å². The molecule has 0 unspecified atom stereocenters. The van der Waals surface area contributed by atoms with Crippen LogP contribution in [0.1, 0.15) is 13.3 Å². The molecule has 0 heterocycles. The van der Waals surface area contributed by atoms with E-state index in [2.05, 4.69) is 4.72 Å². The van der Waals surface area contributed by atoms with Gasteiger partial charge in [0.15, 0.2) is 6.61 Å². The van der Waals surface area contributed by atoms with E-state index in [9.17, 15) is 13.2 Å². The molecule has 1 aromatic rings. The van der Waals surface area contributed by atoms with Gasteiger partial charge < -0.3 is 14.9 Å². The van der Waals surface area contributed by atoms with Crippen LogP contribution < -0.4 is 9.46 Å². The van der Waals surface area contributed by atoms with Crippen LogP contribution in [0.25, 0.3) is 0 Å². The summed E-state index contributed by atoms with van der Waals surface area (Å²) in [6, 6.07) is 4.82. The number of sulfonamides is 1. The van der Waals surface area contributed by atoms with E-state index in [0.29, 0.717) is 6.42 Å². The fourth-order valence-electron chi connectivity index (χ4n) is 1.40. The third-order valence-electron chi connectivity index (χ3n) is 2.53. The Bertz CT molecular complexity index is 536. The number of hydrogen-bond acceptors (Lipinski definition) is 5. The van der Waals surface area contributed by atoms with E-state index >= 15 is 0 Å². The zero-order valence-corrected chi connectivity index (χ0v) is 11.8. The van der Waals surface area contributed by atoms with Crippen LogP contribution in [0.15, 0.2) is 29.2 Å². The second kappa shape index (κ2) is 7.22. The number of nitrogens with one attached hydrogen (secondary N) is 1. The van der Waals surface area contributed by atoms with Crippen LogP contribution in [0, 0.1) is 0 Å². The van der Waals surface area contributed by atoms with Crippen LogP contribution in [-0.4, -0.2) is 43.9 Å². The molecule has 0 amide bonds. The average molecular weight is 303 g/mol. The smallest absolute Gasteiger partial charge is 0.341 e. The maximum absolute atomic E-state index is 12.0. The monoisotopic (exact) mass is 303 g/mol. The number of carboxylic acids is 1. The molecule has 20 heavy (non-hydrogen) atoms. The van der Waals surface area contributed by atoms with E-state index in [-0.39, 0.29) is 17.3 Å². The van der Waals surface area contributed by atoms with Crippen molar-refractivity contribution >= 4 is 16.0 Å². The lowest BCUT2D eigenvalue weighted by Crippen LogP contribution is -2.36. The highest BCUT2D eigenvalue weighted by Crippen LogP contribution is 2.16. The van der Waals surface area contributed by atoms with Crippen LogP contribution in [0.3, 0.4) is 0 Å². The number of ether oxygens (including phenoxy) is 1. The molecular weight excluding hydrogens is 286 g/mol.